The quantitative estimate of drug-likeness (QED) is 0.823. The fourth-order valence-electron chi connectivity index (χ4n) is 3.43. The number of amides is 1. The van der Waals surface area contributed by atoms with Crippen LogP contribution in [-0.2, 0) is 0 Å². The average Bonchev–Trinajstić information content (AvgIpc) is 2.95. The Morgan fingerprint density at radius 2 is 2.24 bits per heavy atom. The number of nitrogen functional groups attached to an aromatic ring is 1. The molecule has 2 aliphatic rings. The van der Waals surface area contributed by atoms with E-state index in [1.165, 1.54) is 19.4 Å². The first-order chi connectivity index (χ1) is 10.2. The molecule has 1 amide bonds. The molecule has 2 fully saturated rings. The Balaban J connectivity index is 1.80. The Morgan fingerprint density at radius 3 is 3.05 bits per heavy atom. The maximum atomic E-state index is 12.0. The van der Waals surface area contributed by atoms with Gasteiger partial charge in [-0.15, -0.1) is 0 Å². The van der Waals surface area contributed by atoms with Crippen molar-refractivity contribution in [2.45, 2.75) is 25.8 Å². The van der Waals surface area contributed by atoms with Crippen LogP contribution in [0.1, 0.15) is 30.1 Å². The number of nitrogens with zero attached hydrogens (tertiary/aromatic N) is 2. The first-order valence-electron chi connectivity index (χ1n) is 7.85. The molecule has 3 N–H and O–H groups in total. The van der Waals surface area contributed by atoms with Crippen molar-refractivity contribution in [3.63, 3.8) is 0 Å². The lowest BCUT2D eigenvalue weighted by molar-refractivity contribution is 0.0956. The largest absolute Gasteiger partial charge is 0.397 e. The molecule has 0 bridgehead atoms. The highest BCUT2D eigenvalue weighted by Crippen LogP contribution is 2.29. The molecule has 3 rings (SSSR count). The van der Waals surface area contributed by atoms with E-state index in [0.717, 1.165) is 31.0 Å². The Bertz CT molecular complexity index is 531. The summed E-state index contributed by atoms with van der Waals surface area (Å²) in [6.07, 6.45) is 2.57. The Hall–Kier alpha value is -1.75. The highest BCUT2D eigenvalue weighted by atomic mass is 16.1. The van der Waals surface area contributed by atoms with E-state index in [0.29, 0.717) is 18.2 Å². The van der Waals surface area contributed by atoms with E-state index in [1.807, 2.05) is 19.1 Å². The summed E-state index contributed by atoms with van der Waals surface area (Å²) in [5, 5.41) is 2.84. The van der Waals surface area contributed by atoms with Crippen LogP contribution in [0.5, 0.6) is 0 Å². The summed E-state index contributed by atoms with van der Waals surface area (Å²) in [5.74, 6) is -0.0294. The number of benzene rings is 1. The van der Waals surface area contributed by atoms with Gasteiger partial charge in [-0.2, -0.15) is 0 Å². The lowest BCUT2D eigenvalue weighted by Gasteiger charge is -2.39. The van der Waals surface area contributed by atoms with Crippen LogP contribution in [0.2, 0.25) is 0 Å². The minimum atomic E-state index is -0.0294. The molecule has 0 spiro atoms. The van der Waals surface area contributed by atoms with E-state index in [2.05, 4.69) is 15.1 Å². The fraction of sp³-hybridized carbons (Fsp3) is 0.562. The van der Waals surface area contributed by atoms with Gasteiger partial charge in [0.2, 0.25) is 0 Å². The van der Waals surface area contributed by atoms with Crippen LogP contribution in [-0.4, -0.2) is 49.6 Å². The summed E-state index contributed by atoms with van der Waals surface area (Å²) < 4.78 is 0. The fourth-order valence-corrected chi connectivity index (χ4v) is 3.43. The molecule has 114 valence electrons. The second-order valence-corrected chi connectivity index (χ2v) is 5.91. The number of carbonyl (C=O) groups is 1. The Kier molecular flexibility index (Phi) is 4.01. The second-order valence-electron chi connectivity index (χ2n) is 5.91. The SMILES string of the molecule is CCNC(=O)c1ccc(N)c(N2CCN3CCCC3C2)c1. The predicted octanol–water partition coefficient (Wildman–Crippen LogP) is 1.30. The summed E-state index contributed by atoms with van der Waals surface area (Å²) in [4.78, 5) is 16.9. The lowest BCUT2D eigenvalue weighted by atomic mass is 10.1. The number of piperazine rings is 1. The van der Waals surface area contributed by atoms with Crippen molar-refractivity contribution >= 4 is 17.3 Å². The molecule has 2 saturated heterocycles. The second kappa shape index (κ2) is 5.93. The number of nitrogens with one attached hydrogen (secondary N) is 1. The standard InChI is InChI=1S/C16H24N4O/c1-2-18-16(21)12-5-6-14(17)15(10-12)20-9-8-19-7-3-4-13(19)11-20/h5-6,10,13H,2-4,7-9,11,17H2,1H3,(H,18,21). The van der Waals surface area contributed by atoms with E-state index in [1.54, 1.807) is 6.07 Å². The maximum absolute atomic E-state index is 12.0. The highest BCUT2D eigenvalue weighted by molar-refractivity contribution is 5.96. The van der Waals surface area contributed by atoms with Gasteiger partial charge in [0.15, 0.2) is 0 Å². The third-order valence-electron chi connectivity index (χ3n) is 4.56. The van der Waals surface area contributed by atoms with Crippen LogP contribution in [0, 0.1) is 0 Å². The number of hydrogen-bond acceptors (Lipinski definition) is 4. The summed E-state index contributed by atoms with van der Waals surface area (Å²) in [6.45, 7) is 6.89. The molecule has 5 nitrogen and oxygen atoms in total. The summed E-state index contributed by atoms with van der Waals surface area (Å²) >= 11 is 0. The van der Waals surface area contributed by atoms with Gasteiger partial charge in [-0.25, -0.2) is 0 Å². The number of rotatable bonds is 3. The van der Waals surface area contributed by atoms with Crippen molar-refractivity contribution in [2.24, 2.45) is 0 Å². The van der Waals surface area contributed by atoms with E-state index in [4.69, 9.17) is 5.73 Å². The van der Waals surface area contributed by atoms with Gasteiger partial charge >= 0.3 is 0 Å². The van der Waals surface area contributed by atoms with Crippen molar-refractivity contribution in [2.75, 3.05) is 43.4 Å². The number of fused-ring (bicyclic) bond motifs is 1. The van der Waals surface area contributed by atoms with Crippen LogP contribution in [0.25, 0.3) is 0 Å². The molecule has 1 aromatic rings. The smallest absolute Gasteiger partial charge is 0.251 e. The van der Waals surface area contributed by atoms with E-state index >= 15 is 0 Å². The Labute approximate surface area is 126 Å². The predicted molar refractivity (Wildman–Crippen MR) is 85.7 cm³/mol. The summed E-state index contributed by atoms with van der Waals surface area (Å²) in [5.41, 5.74) is 8.60. The molecule has 0 aliphatic carbocycles. The van der Waals surface area contributed by atoms with Gasteiger partial charge in [0.1, 0.15) is 0 Å². The zero-order valence-electron chi connectivity index (χ0n) is 12.6. The molecule has 2 heterocycles. The summed E-state index contributed by atoms with van der Waals surface area (Å²) in [7, 11) is 0. The van der Waals surface area contributed by atoms with Gasteiger partial charge < -0.3 is 16.0 Å². The van der Waals surface area contributed by atoms with E-state index in [-0.39, 0.29) is 5.91 Å². The van der Waals surface area contributed by atoms with Crippen molar-refractivity contribution in [1.29, 1.82) is 0 Å². The first kappa shape index (κ1) is 14.2. The van der Waals surface area contributed by atoms with Crippen molar-refractivity contribution in [3.8, 4) is 0 Å². The maximum Gasteiger partial charge on any atom is 0.251 e. The zero-order valence-corrected chi connectivity index (χ0v) is 12.6. The first-order valence-corrected chi connectivity index (χ1v) is 7.85. The molecular weight excluding hydrogens is 264 g/mol. The number of nitrogens with two attached hydrogens (primary N) is 1. The minimum absolute atomic E-state index is 0.0294. The topological polar surface area (TPSA) is 61.6 Å². The molecule has 5 heteroatoms. The molecule has 0 radical (unpaired) electrons. The van der Waals surface area contributed by atoms with Crippen LogP contribution in [0.3, 0.4) is 0 Å². The third kappa shape index (κ3) is 2.83. The minimum Gasteiger partial charge on any atom is -0.397 e. The lowest BCUT2D eigenvalue weighted by Crippen LogP contribution is -2.50. The van der Waals surface area contributed by atoms with Crippen molar-refractivity contribution in [3.05, 3.63) is 23.8 Å². The number of hydrogen-bond donors (Lipinski definition) is 2. The van der Waals surface area contributed by atoms with Gasteiger partial charge in [0, 0.05) is 37.8 Å². The molecular formula is C16H24N4O. The van der Waals surface area contributed by atoms with Crippen molar-refractivity contribution in [1.82, 2.24) is 10.2 Å². The average molecular weight is 288 g/mol. The molecule has 2 aliphatic heterocycles. The number of anilines is 2. The van der Waals surface area contributed by atoms with E-state index in [9.17, 15) is 4.79 Å². The van der Waals surface area contributed by atoms with Crippen LogP contribution < -0.4 is 16.0 Å². The van der Waals surface area contributed by atoms with E-state index < -0.39 is 0 Å². The van der Waals surface area contributed by atoms with Gasteiger partial charge in [0.05, 0.1) is 11.4 Å². The van der Waals surface area contributed by atoms with Gasteiger partial charge in [0.25, 0.3) is 5.91 Å². The van der Waals surface area contributed by atoms with Crippen molar-refractivity contribution < 1.29 is 4.79 Å². The zero-order chi connectivity index (χ0) is 14.8. The van der Waals surface area contributed by atoms with Gasteiger partial charge in [-0.3, -0.25) is 9.69 Å². The highest BCUT2D eigenvalue weighted by Gasteiger charge is 2.31. The Morgan fingerprint density at radius 1 is 1.38 bits per heavy atom. The van der Waals surface area contributed by atoms with Gasteiger partial charge in [-0.05, 0) is 44.5 Å². The molecule has 21 heavy (non-hydrogen) atoms. The normalized spacial score (nSPS) is 22.1. The van der Waals surface area contributed by atoms with Gasteiger partial charge in [-0.1, -0.05) is 0 Å². The third-order valence-corrected chi connectivity index (χ3v) is 4.56. The molecule has 0 saturated carbocycles. The number of carbonyl (C=O) groups excluding carboxylic acids is 1. The molecule has 1 atom stereocenters. The monoisotopic (exact) mass is 288 g/mol. The summed E-state index contributed by atoms with van der Waals surface area (Å²) in [6, 6.07) is 6.23. The van der Waals surface area contributed by atoms with Crippen LogP contribution >= 0.6 is 0 Å². The molecule has 1 unspecified atom stereocenters. The molecule has 1 aromatic carbocycles. The van der Waals surface area contributed by atoms with Crippen LogP contribution in [0.15, 0.2) is 18.2 Å². The molecule has 0 aromatic heterocycles. The van der Waals surface area contributed by atoms with Crippen LogP contribution in [0.4, 0.5) is 11.4 Å².